The number of hydrogen-bond acceptors (Lipinski definition) is 3. The summed E-state index contributed by atoms with van der Waals surface area (Å²) in [4.78, 5) is 22.9. The summed E-state index contributed by atoms with van der Waals surface area (Å²) < 4.78 is 5.02. The molecule has 0 amide bonds. The smallest absolute Gasteiger partial charge is 0.309 e. The number of aliphatic carboxylic acids is 1. The largest absolute Gasteiger partial charge is 0.481 e. The van der Waals surface area contributed by atoms with Crippen LogP contribution in [0.3, 0.4) is 0 Å². The number of carbonyl (C=O) groups is 2. The number of rotatable bonds is 24. The second-order valence-corrected chi connectivity index (χ2v) is 8.74. The maximum atomic E-state index is 11.9. The van der Waals surface area contributed by atoms with Crippen LogP contribution in [0.4, 0.5) is 0 Å². The highest BCUT2D eigenvalue weighted by atomic mass is 16.5. The van der Waals surface area contributed by atoms with Gasteiger partial charge >= 0.3 is 11.9 Å². The fraction of sp³-hybridized carbons (Fsp3) is 0.778. The van der Waals surface area contributed by atoms with Crippen LogP contribution in [0.25, 0.3) is 0 Å². The van der Waals surface area contributed by atoms with Crippen molar-refractivity contribution in [2.75, 3.05) is 6.61 Å². The Balaban J connectivity index is 3.44. The molecule has 1 atom stereocenters. The molecular weight excluding hydrogens is 388 g/mol. The van der Waals surface area contributed by atoms with Gasteiger partial charge in [0.1, 0.15) is 6.61 Å². The fourth-order valence-electron chi connectivity index (χ4n) is 3.93. The van der Waals surface area contributed by atoms with Crippen LogP contribution in [-0.4, -0.2) is 23.7 Å². The van der Waals surface area contributed by atoms with Crippen molar-refractivity contribution in [3.63, 3.8) is 0 Å². The van der Waals surface area contributed by atoms with Crippen molar-refractivity contribution in [3.8, 4) is 0 Å². The second kappa shape index (κ2) is 23.1. The lowest BCUT2D eigenvalue weighted by atomic mass is 9.97. The molecule has 1 unspecified atom stereocenters. The molecular formula is C27H48O4. The maximum absolute atomic E-state index is 11.9. The van der Waals surface area contributed by atoms with Gasteiger partial charge in [0.25, 0.3) is 0 Å². The molecule has 0 saturated heterocycles. The molecule has 0 rings (SSSR count). The van der Waals surface area contributed by atoms with E-state index in [1.807, 2.05) is 6.08 Å². The quantitative estimate of drug-likeness (QED) is 0.0945. The summed E-state index contributed by atoms with van der Waals surface area (Å²) in [7, 11) is 0. The first-order valence-electron chi connectivity index (χ1n) is 12.7. The number of carboxylic acid groups (broad SMARTS) is 1. The zero-order valence-corrected chi connectivity index (χ0v) is 20.0. The average molecular weight is 437 g/mol. The zero-order chi connectivity index (χ0) is 23.0. The molecule has 0 aliphatic heterocycles. The molecule has 4 nitrogen and oxygen atoms in total. The topological polar surface area (TPSA) is 63.6 Å². The third kappa shape index (κ3) is 21.4. The van der Waals surface area contributed by atoms with E-state index in [1.54, 1.807) is 0 Å². The Kier molecular flexibility index (Phi) is 21.9. The molecule has 0 saturated carbocycles. The van der Waals surface area contributed by atoms with E-state index in [-0.39, 0.29) is 13.0 Å². The maximum Gasteiger partial charge on any atom is 0.309 e. The number of hydrogen-bond donors (Lipinski definition) is 1. The molecule has 0 aliphatic rings. The van der Waals surface area contributed by atoms with E-state index >= 15 is 0 Å². The van der Waals surface area contributed by atoms with Gasteiger partial charge < -0.3 is 9.84 Å². The first kappa shape index (κ1) is 29.4. The molecule has 4 heteroatoms. The van der Waals surface area contributed by atoms with Gasteiger partial charge in [-0.1, -0.05) is 115 Å². The number of carboxylic acids is 1. The molecule has 0 aromatic heterocycles. The normalized spacial score (nSPS) is 11.7. The Morgan fingerprint density at radius 1 is 0.677 bits per heavy atom. The minimum atomic E-state index is -0.945. The molecule has 0 spiro atoms. The van der Waals surface area contributed by atoms with Crippen LogP contribution in [0, 0.1) is 5.92 Å². The van der Waals surface area contributed by atoms with Crippen molar-refractivity contribution in [3.05, 3.63) is 25.3 Å². The summed E-state index contributed by atoms with van der Waals surface area (Å²) in [6, 6.07) is 0. The molecule has 0 aromatic rings. The van der Waals surface area contributed by atoms with Crippen molar-refractivity contribution in [1.82, 2.24) is 0 Å². The van der Waals surface area contributed by atoms with Crippen molar-refractivity contribution < 1.29 is 19.4 Å². The monoisotopic (exact) mass is 436 g/mol. The van der Waals surface area contributed by atoms with E-state index < -0.39 is 17.9 Å². The lowest BCUT2D eigenvalue weighted by Gasteiger charge is -2.13. The Bertz CT molecular complexity index is 458. The van der Waals surface area contributed by atoms with Gasteiger partial charge in [0.05, 0.1) is 12.3 Å². The highest BCUT2D eigenvalue weighted by Crippen LogP contribution is 2.18. The second-order valence-electron chi connectivity index (χ2n) is 8.74. The Hall–Kier alpha value is -1.58. The molecule has 31 heavy (non-hydrogen) atoms. The SMILES string of the molecule is C=CCCCCCCCCCCCCCCCCCCC(CC(=O)O)C(=O)OCC=C. The predicted octanol–water partition coefficient (Wildman–Crippen LogP) is 8.01. The van der Waals surface area contributed by atoms with Crippen molar-refractivity contribution in [1.29, 1.82) is 0 Å². The van der Waals surface area contributed by atoms with E-state index in [1.165, 1.54) is 96.0 Å². The van der Waals surface area contributed by atoms with Crippen LogP contribution < -0.4 is 0 Å². The van der Waals surface area contributed by atoms with E-state index in [0.717, 1.165) is 19.3 Å². The zero-order valence-electron chi connectivity index (χ0n) is 20.0. The van der Waals surface area contributed by atoms with Gasteiger partial charge in [-0.15, -0.1) is 6.58 Å². The molecule has 0 bridgehead atoms. The Labute approximate surface area is 191 Å². The highest BCUT2D eigenvalue weighted by molar-refractivity contribution is 5.79. The van der Waals surface area contributed by atoms with Gasteiger partial charge in [-0.2, -0.15) is 0 Å². The van der Waals surface area contributed by atoms with E-state index in [9.17, 15) is 9.59 Å². The molecule has 180 valence electrons. The molecule has 1 N–H and O–H groups in total. The summed E-state index contributed by atoms with van der Waals surface area (Å²) in [5.74, 6) is -1.89. The van der Waals surface area contributed by atoms with Gasteiger partial charge in [0, 0.05) is 0 Å². The van der Waals surface area contributed by atoms with Crippen LogP contribution in [0.2, 0.25) is 0 Å². The Morgan fingerprint density at radius 3 is 1.48 bits per heavy atom. The molecule has 0 radical (unpaired) electrons. The summed E-state index contributed by atoms with van der Waals surface area (Å²) in [6.45, 7) is 7.42. The van der Waals surface area contributed by atoms with Crippen molar-refractivity contribution >= 4 is 11.9 Å². The summed E-state index contributed by atoms with van der Waals surface area (Å²) >= 11 is 0. The number of ether oxygens (including phenoxy) is 1. The lowest BCUT2D eigenvalue weighted by Crippen LogP contribution is -2.21. The molecule has 0 heterocycles. The third-order valence-corrected chi connectivity index (χ3v) is 5.81. The first-order chi connectivity index (χ1) is 15.1. The fourth-order valence-corrected chi connectivity index (χ4v) is 3.93. The minimum absolute atomic E-state index is 0.144. The lowest BCUT2D eigenvalue weighted by molar-refractivity contribution is -0.152. The molecule has 0 fully saturated rings. The number of allylic oxidation sites excluding steroid dienone is 1. The summed E-state index contributed by atoms with van der Waals surface area (Å²) in [5.41, 5.74) is 0. The third-order valence-electron chi connectivity index (χ3n) is 5.81. The van der Waals surface area contributed by atoms with Crippen LogP contribution in [0.1, 0.15) is 122 Å². The molecule has 0 aliphatic carbocycles. The number of unbranched alkanes of at least 4 members (excludes halogenated alkanes) is 16. The average Bonchev–Trinajstić information content (AvgIpc) is 2.75. The Morgan fingerprint density at radius 2 is 1.10 bits per heavy atom. The van der Waals surface area contributed by atoms with Crippen LogP contribution in [0.15, 0.2) is 25.3 Å². The first-order valence-corrected chi connectivity index (χ1v) is 12.7. The molecule has 0 aromatic carbocycles. The van der Waals surface area contributed by atoms with Crippen molar-refractivity contribution in [2.45, 2.75) is 122 Å². The van der Waals surface area contributed by atoms with Gasteiger partial charge in [0.15, 0.2) is 0 Å². The van der Waals surface area contributed by atoms with E-state index in [2.05, 4.69) is 13.2 Å². The number of esters is 1. The standard InChI is InChI=1S/C27H48O4/c1-3-5-6-7-8-9-10-11-12-13-14-15-16-17-18-19-20-21-22-25(24-26(28)29)27(30)31-23-4-2/h3-4,25H,1-2,5-24H2,(H,28,29). The van der Waals surface area contributed by atoms with Gasteiger partial charge in [-0.3, -0.25) is 9.59 Å². The van der Waals surface area contributed by atoms with Crippen LogP contribution >= 0.6 is 0 Å². The number of carbonyl (C=O) groups excluding carboxylic acids is 1. The predicted molar refractivity (Wildman–Crippen MR) is 130 cm³/mol. The van der Waals surface area contributed by atoms with Crippen LogP contribution in [0.5, 0.6) is 0 Å². The minimum Gasteiger partial charge on any atom is -0.481 e. The summed E-state index contributed by atoms with van der Waals surface area (Å²) in [5, 5.41) is 8.98. The van der Waals surface area contributed by atoms with Gasteiger partial charge in [0.2, 0.25) is 0 Å². The van der Waals surface area contributed by atoms with Crippen molar-refractivity contribution in [2.24, 2.45) is 5.92 Å². The van der Waals surface area contributed by atoms with E-state index in [0.29, 0.717) is 6.42 Å². The van der Waals surface area contributed by atoms with Gasteiger partial charge in [-0.25, -0.2) is 0 Å². The van der Waals surface area contributed by atoms with Gasteiger partial charge in [-0.05, 0) is 19.3 Å². The van der Waals surface area contributed by atoms with E-state index in [4.69, 9.17) is 9.84 Å². The van der Waals surface area contributed by atoms with Crippen LogP contribution in [-0.2, 0) is 14.3 Å². The summed E-state index contributed by atoms with van der Waals surface area (Å²) in [6.07, 6.45) is 25.8. The highest BCUT2D eigenvalue weighted by Gasteiger charge is 2.22.